The molecule has 0 saturated carbocycles. The first-order valence-electron chi connectivity index (χ1n) is 8.02. The van der Waals surface area contributed by atoms with Crippen LogP contribution in [0.25, 0.3) is 23.2 Å². The van der Waals surface area contributed by atoms with Crippen LogP contribution in [0.3, 0.4) is 0 Å². The van der Waals surface area contributed by atoms with Crippen molar-refractivity contribution >= 4 is 34.8 Å². The SMILES string of the molecule is O=C(C=Cc1ccc(O)cc1)CC(=O)C=Cc1ccc2nccnc2c1. The van der Waals surface area contributed by atoms with Crippen LogP contribution in [0.1, 0.15) is 17.5 Å². The van der Waals surface area contributed by atoms with Crippen molar-refractivity contribution in [1.82, 2.24) is 9.97 Å². The number of fused-ring (bicyclic) bond motifs is 1. The fraction of sp³-hybridized carbons (Fsp3) is 0.0476. The van der Waals surface area contributed by atoms with Crippen molar-refractivity contribution in [1.29, 1.82) is 0 Å². The maximum absolute atomic E-state index is 11.9. The summed E-state index contributed by atoms with van der Waals surface area (Å²) >= 11 is 0. The van der Waals surface area contributed by atoms with E-state index < -0.39 is 0 Å². The number of aromatic hydroxyl groups is 1. The van der Waals surface area contributed by atoms with E-state index in [0.29, 0.717) is 0 Å². The Hall–Kier alpha value is -3.60. The molecule has 26 heavy (non-hydrogen) atoms. The maximum Gasteiger partial charge on any atom is 0.163 e. The summed E-state index contributed by atoms with van der Waals surface area (Å²) in [7, 11) is 0. The topological polar surface area (TPSA) is 80.1 Å². The molecular weight excluding hydrogens is 328 g/mol. The van der Waals surface area contributed by atoms with E-state index in [1.54, 1.807) is 36.7 Å². The van der Waals surface area contributed by atoms with Crippen molar-refractivity contribution in [2.45, 2.75) is 6.42 Å². The molecule has 0 amide bonds. The van der Waals surface area contributed by atoms with Gasteiger partial charge in [0.05, 0.1) is 17.5 Å². The van der Waals surface area contributed by atoms with Crippen LogP contribution < -0.4 is 0 Å². The van der Waals surface area contributed by atoms with E-state index in [1.807, 2.05) is 18.2 Å². The number of nitrogens with zero attached hydrogens (tertiary/aromatic N) is 2. The Morgan fingerprint density at radius 2 is 1.38 bits per heavy atom. The van der Waals surface area contributed by atoms with E-state index >= 15 is 0 Å². The van der Waals surface area contributed by atoms with Gasteiger partial charge in [0.15, 0.2) is 11.6 Å². The normalized spacial score (nSPS) is 11.4. The van der Waals surface area contributed by atoms with Gasteiger partial charge in [0.1, 0.15) is 5.75 Å². The number of phenols is 1. The highest BCUT2D eigenvalue weighted by Gasteiger charge is 2.04. The third-order valence-electron chi connectivity index (χ3n) is 3.66. The fourth-order valence-electron chi connectivity index (χ4n) is 2.34. The van der Waals surface area contributed by atoms with Gasteiger partial charge in [-0.05, 0) is 47.5 Å². The lowest BCUT2D eigenvalue weighted by atomic mass is 10.1. The molecule has 0 aliphatic carbocycles. The minimum atomic E-state index is -0.280. The van der Waals surface area contributed by atoms with Crippen LogP contribution in [-0.4, -0.2) is 26.6 Å². The minimum Gasteiger partial charge on any atom is -0.508 e. The third-order valence-corrected chi connectivity index (χ3v) is 3.66. The first kappa shape index (κ1) is 17.2. The number of rotatable bonds is 6. The zero-order valence-electron chi connectivity index (χ0n) is 13.9. The Morgan fingerprint density at radius 3 is 2.08 bits per heavy atom. The number of aromatic nitrogens is 2. The molecule has 0 aliphatic heterocycles. The molecule has 0 fully saturated rings. The number of allylic oxidation sites excluding steroid dienone is 2. The summed E-state index contributed by atoms with van der Waals surface area (Å²) in [5, 5.41) is 9.21. The van der Waals surface area contributed by atoms with Gasteiger partial charge in [-0.2, -0.15) is 0 Å². The second kappa shape index (κ2) is 7.98. The predicted octanol–water partition coefficient (Wildman–Crippen LogP) is 3.59. The fourth-order valence-corrected chi connectivity index (χ4v) is 2.34. The van der Waals surface area contributed by atoms with Crippen LogP contribution in [0.2, 0.25) is 0 Å². The summed E-state index contributed by atoms with van der Waals surface area (Å²) in [6.45, 7) is 0. The van der Waals surface area contributed by atoms with Crippen LogP contribution in [0, 0.1) is 0 Å². The van der Waals surface area contributed by atoms with E-state index in [1.165, 1.54) is 24.3 Å². The molecule has 128 valence electrons. The van der Waals surface area contributed by atoms with Gasteiger partial charge in [-0.15, -0.1) is 0 Å². The summed E-state index contributed by atoms with van der Waals surface area (Å²) < 4.78 is 0. The van der Waals surface area contributed by atoms with Crippen LogP contribution in [0.4, 0.5) is 0 Å². The minimum absolute atomic E-state index is 0.161. The zero-order chi connectivity index (χ0) is 18.4. The zero-order valence-corrected chi connectivity index (χ0v) is 13.9. The number of hydrogen-bond donors (Lipinski definition) is 1. The maximum atomic E-state index is 11.9. The largest absolute Gasteiger partial charge is 0.508 e. The van der Waals surface area contributed by atoms with Crippen molar-refractivity contribution in [2.24, 2.45) is 0 Å². The van der Waals surface area contributed by atoms with Gasteiger partial charge in [-0.25, -0.2) is 0 Å². The number of carbonyl (C=O) groups is 2. The second-order valence-corrected chi connectivity index (χ2v) is 5.67. The standard InChI is InChI=1S/C21H16N2O3/c24-17-6-1-15(2-7-17)3-8-18(25)14-19(26)9-4-16-5-10-20-21(13-16)23-12-11-22-20/h1-13,24H,14H2. The van der Waals surface area contributed by atoms with Gasteiger partial charge in [0, 0.05) is 12.4 Å². The number of benzene rings is 2. The monoisotopic (exact) mass is 344 g/mol. The first-order chi connectivity index (χ1) is 12.6. The molecule has 0 bridgehead atoms. The van der Waals surface area contributed by atoms with Gasteiger partial charge in [-0.1, -0.05) is 30.4 Å². The van der Waals surface area contributed by atoms with E-state index in [2.05, 4.69) is 9.97 Å². The summed E-state index contributed by atoms with van der Waals surface area (Å²) in [6.07, 6.45) is 9.07. The second-order valence-electron chi connectivity index (χ2n) is 5.67. The molecule has 0 aliphatic rings. The number of carbonyl (C=O) groups excluding carboxylic acids is 2. The predicted molar refractivity (Wildman–Crippen MR) is 100 cm³/mol. The van der Waals surface area contributed by atoms with Crippen molar-refractivity contribution in [3.63, 3.8) is 0 Å². The quantitative estimate of drug-likeness (QED) is 0.546. The van der Waals surface area contributed by atoms with E-state index in [4.69, 9.17) is 0 Å². The molecular formula is C21H16N2O3. The molecule has 1 aromatic heterocycles. The lowest BCUT2D eigenvalue weighted by molar-refractivity contribution is -0.121. The van der Waals surface area contributed by atoms with Crippen LogP contribution >= 0.6 is 0 Å². The van der Waals surface area contributed by atoms with Gasteiger partial charge < -0.3 is 5.11 Å². The first-order valence-corrected chi connectivity index (χ1v) is 8.02. The van der Waals surface area contributed by atoms with Gasteiger partial charge in [0.25, 0.3) is 0 Å². The molecule has 0 radical (unpaired) electrons. The lowest BCUT2D eigenvalue weighted by Crippen LogP contribution is -2.01. The molecule has 1 heterocycles. The number of hydrogen-bond acceptors (Lipinski definition) is 5. The van der Waals surface area contributed by atoms with Gasteiger partial charge in [-0.3, -0.25) is 19.6 Å². The third kappa shape index (κ3) is 4.70. The molecule has 0 unspecified atom stereocenters. The highest BCUT2D eigenvalue weighted by molar-refractivity contribution is 6.10. The molecule has 3 rings (SSSR count). The smallest absolute Gasteiger partial charge is 0.163 e. The van der Waals surface area contributed by atoms with Crippen molar-refractivity contribution < 1.29 is 14.7 Å². The Balaban J connectivity index is 1.59. The molecule has 1 N–H and O–H groups in total. The van der Waals surface area contributed by atoms with Crippen molar-refractivity contribution in [3.05, 3.63) is 78.1 Å². The molecule has 0 spiro atoms. The Labute approximate surface area is 150 Å². The van der Waals surface area contributed by atoms with Crippen LogP contribution in [0.5, 0.6) is 5.75 Å². The number of ketones is 2. The molecule has 2 aromatic carbocycles. The number of phenolic OH excluding ortho intramolecular Hbond substituents is 1. The highest BCUT2D eigenvalue weighted by Crippen LogP contribution is 2.13. The van der Waals surface area contributed by atoms with E-state index in [9.17, 15) is 14.7 Å². The Bertz CT molecular complexity index is 1010. The highest BCUT2D eigenvalue weighted by atomic mass is 16.3. The Kier molecular flexibility index (Phi) is 5.29. The van der Waals surface area contributed by atoms with Gasteiger partial charge >= 0.3 is 0 Å². The summed E-state index contributed by atoms with van der Waals surface area (Å²) in [4.78, 5) is 32.2. The van der Waals surface area contributed by atoms with Crippen molar-refractivity contribution in [3.8, 4) is 5.75 Å². The average molecular weight is 344 g/mol. The van der Waals surface area contributed by atoms with E-state index in [-0.39, 0.29) is 23.7 Å². The molecule has 0 saturated heterocycles. The molecule has 0 atom stereocenters. The van der Waals surface area contributed by atoms with Crippen LogP contribution in [0.15, 0.2) is 67.0 Å². The summed E-state index contributed by atoms with van der Waals surface area (Å²) in [6, 6.07) is 11.9. The van der Waals surface area contributed by atoms with Crippen molar-refractivity contribution in [2.75, 3.05) is 0 Å². The van der Waals surface area contributed by atoms with Crippen LogP contribution in [-0.2, 0) is 9.59 Å². The van der Waals surface area contributed by atoms with E-state index in [0.717, 1.165) is 22.2 Å². The summed E-state index contributed by atoms with van der Waals surface area (Å²) in [5.74, 6) is -0.393. The van der Waals surface area contributed by atoms with Gasteiger partial charge in [0.2, 0.25) is 0 Å². The summed E-state index contributed by atoms with van der Waals surface area (Å²) in [5.41, 5.74) is 3.12. The molecule has 3 aromatic rings. The molecule has 5 nitrogen and oxygen atoms in total. The lowest BCUT2D eigenvalue weighted by Gasteiger charge is -1.97. The Morgan fingerprint density at radius 1 is 0.808 bits per heavy atom. The average Bonchev–Trinajstić information content (AvgIpc) is 2.66. The molecule has 5 heteroatoms.